The number of ketones is 1. The summed E-state index contributed by atoms with van der Waals surface area (Å²) in [7, 11) is 0. The van der Waals surface area contributed by atoms with E-state index in [1.165, 1.54) is 0 Å². The molecular formula is C8H16O3. The molecule has 0 rings (SSSR count). The first-order chi connectivity index (χ1) is 5.04. The zero-order valence-corrected chi connectivity index (χ0v) is 7.39. The summed E-state index contributed by atoms with van der Waals surface area (Å²) in [5.41, 5.74) is 0. The molecule has 11 heavy (non-hydrogen) atoms. The van der Waals surface area contributed by atoms with Gasteiger partial charge in [0, 0.05) is 12.8 Å². The van der Waals surface area contributed by atoms with Gasteiger partial charge in [0.1, 0.15) is 5.78 Å². The molecule has 0 aromatic heterocycles. The van der Waals surface area contributed by atoms with Crippen LogP contribution in [0.2, 0.25) is 0 Å². The van der Waals surface area contributed by atoms with Crippen molar-refractivity contribution >= 4 is 11.8 Å². The van der Waals surface area contributed by atoms with E-state index in [1.807, 2.05) is 13.8 Å². The molecule has 0 radical (unpaired) electrons. The third-order valence-corrected chi connectivity index (χ3v) is 0.962. The highest BCUT2D eigenvalue weighted by Gasteiger charge is 1.87. The second-order valence-corrected chi connectivity index (χ2v) is 2.20. The smallest absolute Gasteiger partial charge is 0.303 e. The molecule has 0 saturated carbocycles. The molecular weight excluding hydrogens is 144 g/mol. The molecule has 0 amide bonds. The van der Waals surface area contributed by atoms with Crippen molar-refractivity contribution in [1.82, 2.24) is 0 Å². The zero-order valence-electron chi connectivity index (χ0n) is 7.39. The van der Waals surface area contributed by atoms with Crippen molar-refractivity contribution in [2.45, 2.75) is 40.0 Å². The third-order valence-electron chi connectivity index (χ3n) is 0.962. The highest BCUT2D eigenvalue weighted by molar-refractivity contribution is 5.74. The van der Waals surface area contributed by atoms with Crippen LogP contribution >= 0.6 is 0 Å². The Bertz CT molecular complexity index is 119. The van der Waals surface area contributed by atoms with Gasteiger partial charge in [-0.3, -0.25) is 4.79 Å². The van der Waals surface area contributed by atoms with Crippen molar-refractivity contribution < 1.29 is 14.7 Å². The van der Waals surface area contributed by atoms with Gasteiger partial charge in [-0.15, -0.1) is 0 Å². The number of rotatable bonds is 3. The van der Waals surface area contributed by atoms with E-state index in [4.69, 9.17) is 5.11 Å². The van der Waals surface area contributed by atoms with Crippen molar-refractivity contribution in [3.8, 4) is 0 Å². The lowest BCUT2D eigenvalue weighted by molar-refractivity contribution is -0.137. The Hall–Kier alpha value is -0.860. The number of carbonyl (C=O) groups is 2. The van der Waals surface area contributed by atoms with E-state index in [-0.39, 0.29) is 5.78 Å². The molecule has 0 spiro atoms. The maximum atomic E-state index is 9.81. The Balaban J connectivity index is 0. The summed E-state index contributed by atoms with van der Waals surface area (Å²) in [6.07, 6.45) is 1.69. The predicted octanol–water partition coefficient (Wildman–Crippen LogP) is 1.86. The molecule has 0 aliphatic carbocycles. The van der Waals surface area contributed by atoms with Crippen LogP contribution in [-0.4, -0.2) is 16.9 Å². The fourth-order valence-corrected chi connectivity index (χ4v) is 0.214. The van der Waals surface area contributed by atoms with E-state index in [0.29, 0.717) is 12.8 Å². The van der Waals surface area contributed by atoms with E-state index >= 15 is 0 Å². The molecule has 0 aromatic rings. The van der Waals surface area contributed by atoms with Gasteiger partial charge in [0.05, 0.1) is 0 Å². The monoisotopic (exact) mass is 160 g/mol. The van der Waals surface area contributed by atoms with Crippen LogP contribution < -0.4 is 0 Å². The molecule has 0 saturated heterocycles. The van der Waals surface area contributed by atoms with Crippen LogP contribution in [0.5, 0.6) is 0 Å². The molecule has 0 heterocycles. The topological polar surface area (TPSA) is 54.4 Å². The highest BCUT2D eigenvalue weighted by atomic mass is 16.4. The van der Waals surface area contributed by atoms with Gasteiger partial charge < -0.3 is 9.90 Å². The molecule has 0 atom stereocenters. The second-order valence-electron chi connectivity index (χ2n) is 2.20. The van der Waals surface area contributed by atoms with E-state index < -0.39 is 5.97 Å². The molecule has 0 unspecified atom stereocenters. The van der Waals surface area contributed by atoms with Gasteiger partial charge in [-0.25, -0.2) is 0 Å². The van der Waals surface area contributed by atoms with Gasteiger partial charge >= 0.3 is 5.97 Å². The largest absolute Gasteiger partial charge is 0.481 e. The number of hydrogen-bond acceptors (Lipinski definition) is 2. The first-order valence-corrected chi connectivity index (χ1v) is 3.75. The summed E-state index contributed by atoms with van der Waals surface area (Å²) < 4.78 is 0. The summed E-state index contributed by atoms with van der Waals surface area (Å²) in [6, 6.07) is 0. The van der Waals surface area contributed by atoms with Gasteiger partial charge in [-0.2, -0.15) is 0 Å². The summed E-state index contributed by atoms with van der Waals surface area (Å²) in [4.78, 5) is 19.4. The number of Topliss-reactive ketones (excluding diaryl/α,β-unsaturated/α-hetero) is 1. The molecule has 0 aromatic carbocycles. The van der Waals surface area contributed by atoms with Crippen LogP contribution in [0.1, 0.15) is 40.0 Å². The normalized spacial score (nSPS) is 7.91. The molecule has 0 aliphatic rings. The molecule has 66 valence electrons. The molecule has 1 N–H and O–H groups in total. The van der Waals surface area contributed by atoms with Crippen LogP contribution in [0.3, 0.4) is 0 Å². The maximum absolute atomic E-state index is 9.81. The third kappa shape index (κ3) is 27.2. The second kappa shape index (κ2) is 9.14. The molecule has 0 fully saturated rings. The number of carbonyl (C=O) groups excluding carboxylic acids is 1. The van der Waals surface area contributed by atoms with Crippen LogP contribution in [0.4, 0.5) is 0 Å². The Morgan fingerprint density at radius 3 is 1.64 bits per heavy atom. The molecule has 0 aliphatic heterocycles. The summed E-state index contributed by atoms with van der Waals surface area (Å²) in [6.45, 7) is 5.27. The summed E-state index contributed by atoms with van der Waals surface area (Å²) in [5.74, 6) is -0.456. The van der Waals surface area contributed by atoms with Crippen LogP contribution in [0.25, 0.3) is 0 Å². The molecule has 3 nitrogen and oxygen atoms in total. The van der Waals surface area contributed by atoms with Crippen molar-refractivity contribution in [3.05, 3.63) is 0 Å². The first kappa shape index (κ1) is 12.8. The lowest BCUT2D eigenvalue weighted by atomic mass is 10.4. The summed E-state index contributed by atoms with van der Waals surface area (Å²) >= 11 is 0. The number of carboxylic acids is 1. The van der Waals surface area contributed by atoms with Gasteiger partial charge in [0.25, 0.3) is 0 Å². The molecule has 0 bridgehead atoms. The van der Waals surface area contributed by atoms with Crippen LogP contribution in [0.15, 0.2) is 0 Å². The van der Waals surface area contributed by atoms with E-state index in [0.717, 1.165) is 6.42 Å². The van der Waals surface area contributed by atoms with Gasteiger partial charge in [-0.05, 0) is 13.3 Å². The number of aliphatic carboxylic acids is 1. The number of hydrogen-bond donors (Lipinski definition) is 1. The standard InChI is InChI=1S/C4H8O2.C4H8O/c1-2-3-4(5)6;1-3-4(2)5/h2-3H2,1H3,(H,5,6);3H2,1-2H3. The maximum Gasteiger partial charge on any atom is 0.303 e. The summed E-state index contributed by atoms with van der Waals surface area (Å²) in [5, 5.41) is 7.91. The average molecular weight is 160 g/mol. The Morgan fingerprint density at radius 2 is 1.64 bits per heavy atom. The Labute approximate surface area is 67.4 Å². The van der Waals surface area contributed by atoms with E-state index in [2.05, 4.69) is 0 Å². The lowest BCUT2D eigenvalue weighted by Gasteiger charge is -1.79. The fourth-order valence-electron chi connectivity index (χ4n) is 0.214. The zero-order chi connectivity index (χ0) is 9.28. The minimum Gasteiger partial charge on any atom is -0.481 e. The van der Waals surface area contributed by atoms with Crippen molar-refractivity contribution in [1.29, 1.82) is 0 Å². The number of carboxylic acid groups (broad SMARTS) is 1. The van der Waals surface area contributed by atoms with Crippen LogP contribution in [-0.2, 0) is 9.59 Å². The minimum atomic E-state index is -0.711. The average Bonchev–Trinajstić information content (AvgIpc) is 1.89. The fraction of sp³-hybridized carbons (Fsp3) is 0.750. The van der Waals surface area contributed by atoms with Crippen molar-refractivity contribution in [3.63, 3.8) is 0 Å². The Kier molecular flexibility index (Phi) is 10.6. The molecule has 3 heteroatoms. The highest BCUT2D eigenvalue weighted by Crippen LogP contribution is 1.82. The van der Waals surface area contributed by atoms with Gasteiger partial charge in [-0.1, -0.05) is 13.8 Å². The predicted molar refractivity (Wildman–Crippen MR) is 43.5 cm³/mol. The van der Waals surface area contributed by atoms with E-state index in [9.17, 15) is 9.59 Å². The Morgan fingerprint density at radius 1 is 1.27 bits per heavy atom. The quantitative estimate of drug-likeness (QED) is 0.685. The van der Waals surface area contributed by atoms with Crippen LogP contribution in [0, 0.1) is 0 Å². The van der Waals surface area contributed by atoms with Crippen molar-refractivity contribution in [2.75, 3.05) is 0 Å². The minimum absolute atomic E-state index is 0.255. The first-order valence-electron chi connectivity index (χ1n) is 3.75. The van der Waals surface area contributed by atoms with Crippen molar-refractivity contribution in [2.24, 2.45) is 0 Å². The van der Waals surface area contributed by atoms with E-state index in [1.54, 1.807) is 6.92 Å². The van der Waals surface area contributed by atoms with Gasteiger partial charge in [0.2, 0.25) is 0 Å². The SMILES string of the molecule is CCC(C)=O.CCCC(=O)O. The van der Waals surface area contributed by atoms with Gasteiger partial charge in [0.15, 0.2) is 0 Å². The lowest BCUT2D eigenvalue weighted by Crippen LogP contribution is -1.90.